The minimum absolute atomic E-state index is 0.155. The molecule has 0 aliphatic carbocycles. The number of fused-ring (bicyclic) bond motifs is 1. The summed E-state index contributed by atoms with van der Waals surface area (Å²) in [6, 6.07) is 13.1. The first kappa shape index (κ1) is 13.8. The van der Waals surface area contributed by atoms with E-state index in [1.165, 1.54) is 5.56 Å². The summed E-state index contributed by atoms with van der Waals surface area (Å²) in [4.78, 5) is 8.85. The molecule has 21 heavy (non-hydrogen) atoms. The van der Waals surface area contributed by atoms with Gasteiger partial charge in [-0.15, -0.1) is 0 Å². The zero-order valence-corrected chi connectivity index (χ0v) is 12.6. The predicted molar refractivity (Wildman–Crippen MR) is 85.7 cm³/mol. The Morgan fingerprint density at radius 2 is 1.71 bits per heavy atom. The third kappa shape index (κ3) is 2.69. The van der Waals surface area contributed by atoms with E-state index in [1.807, 2.05) is 12.1 Å². The molecule has 0 aliphatic rings. The van der Waals surface area contributed by atoms with Crippen molar-refractivity contribution in [3.63, 3.8) is 0 Å². The molecule has 0 radical (unpaired) electrons. The van der Waals surface area contributed by atoms with Gasteiger partial charge < -0.3 is 5.11 Å². The van der Waals surface area contributed by atoms with Crippen LogP contribution in [-0.4, -0.2) is 15.1 Å². The summed E-state index contributed by atoms with van der Waals surface area (Å²) in [6.45, 7) is 4.32. The van der Waals surface area contributed by atoms with Gasteiger partial charge in [0.2, 0.25) is 0 Å². The van der Waals surface area contributed by atoms with Gasteiger partial charge in [-0.1, -0.05) is 49.7 Å². The van der Waals surface area contributed by atoms with Crippen LogP contribution in [0.3, 0.4) is 0 Å². The second kappa shape index (κ2) is 5.34. The van der Waals surface area contributed by atoms with E-state index in [2.05, 4.69) is 35.9 Å². The molecule has 0 amide bonds. The molecular formula is C17H15ClN2O. The van der Waals surface area contributed by atoms with Crippen molar-refractivity contribution < 1.29 is 5.11 Å². The van der Waals surface area contributed by atoms with E-state index >= 15 is 0 Å². The van der Waals surface area contributed by atoms with Crippen LogP contribution in [-0.2, 0) is 0 Å². The molecular weight excluding hydrogens is 284 g/mol. The number of nitrogens with zero attached hydrogens (tertiary/aromatic N) is 2. The van der Waals surface area contributed by atoms with E-state index in [0.29, 0.717) is 22.3 Å². The molecule has 106 valence electrons. The summed E-state index contributed by atoms with van der Waals surface area (Å²) >= 11 is 6.20. The maximum Gasteiger partial charge on any atom is 0.161 e. The summed E-state index contributed by atoms with van der Waals surface area (Å²) in [5.41, 5.74) is 2.92. The molecule has 0 aliphatic heterocycles. The zero-order chi connectivity index (χ0) is 15.0. The zero-order valence-electron chi connectivity index (χ0n) is 11.8. The molecule has 3 nitrogen and oxygen atoms in total. The molecule has 0 spiro atoms. The molecule has 0 fully saturated rings. The fourth-order valence-corrected chi connectivity index (χ4v) is 2.46. The molecule has 3 aromatic rings. The van der Waals surface area contributed by atoms with Crippen LogP contribution < -0.4 is 0 Å². The van der Waals surface area contributed by atoms with Crippen LogP contribution in [0.2, 0.25) is 5.15 Å². The fraction of sp³-hybridized carbons (Fsp3) is 0.176. The number of rotatable bonds is 2. The fourth-order valence-electron chi connectivity index (χ4n) is 2.23. The summed E-state index contributed by atoms with van der Waals surface area (Å²) < 4.78 is 0. The van der Waals surface area contributed by atoms with E-state index in [4.69, 9.17) is 11.6 Å². The first-order valence-electron chi connectivity index (χ1n) is 6.81. The lowest BCUT2D eigenvalue weighted by Crippen LogP contribution is -1.93. The Morgan fingerprint density at radius 1 is 1.00 bits per heavy atom. The Labute approximate surface area is 128 Å². The van der Waals surface area contributed by atoms with Crippen LogP contribution in [0.25, 0.3) is 22.3 Å². The number of hydrogen-bond donors (Lipinski definition) is 1. The average molecular weight is 299 g/mol. The highest BCUT2D eigenvalue weighted by atomic mass is 35.5. The quantitative estimate of drug-likeness (QED) is 0.693. The number of aromatic hydroxyl groups is 1. The lowest BCUT2D eigenvalue weighted by Gasteiger charge is -2.08. The van der Waals surface area contributed by atoms with Gasteiger partial charge >= 0.3 is 0 Å². The maximum atomic E-state index is 9.51. The van der Waals surface area contributed by atoms with Gasteiger partial charge in [0.05, 0.1) is 5.52 Å². The van der Waals surface area contributed by atoms with E-state index in [9.17, 15) is 5.11 Å². The van der Waals surface area contributed by atoms with E-state index in [1.54, 1.807) is 18.2 Å². The third-order valence-corrected chi connectivity index (χ3v) is 3.76. The van der Waals surface area contributed by atoms with Crippen LogP contribution in [0.4, 0.5) is 0 Å². The van der Waals surface area contributed by atoms with Gasteiger partial charge in [0.1, 0.15) is 10.9 Å². The van der Waals surface area contributed by atoms with Crippen LogP contribution in [0.1, 0.15) is 25.3 Å². The third-order valence-electron chi connectivity index (χ3n) is 3.47. The molecule has 0 saturated carbocycles. The second-order valence-corrected chi connectivity index (χ2v) is 5.67. The smallest absolute Gasteiger partial charge is 0.161 e. The summed E-state index contributed by atoms with van der Waals surface area (Å²) in [5.74, 6) is 1.23. The summed E-state index contributed by atoms with van der Waals surface area (Å²) in [7, 11) is 0. The van der Waals surface area contributed by atoms with Crippen LogP contribution >= 0.6 is 11.6 Å². The lowest BCUT2D eigenvalue weighted by atomic mass is 10.0. The van der Waals surface area contributed by atoms with Gasteiger partial charge in [-0.2, -0.15) is 0 Å². The predicted octanol–water partition coefficient (Wildman–Crippen LogP) is 4.78. The molecule has 0 bridgehead atoms. The van der Waals surface area contributed by atoms with Gasteiger partial charge in [-0.25, -0.2) is 9.97 Å². The first-order chi connectivity index (χ1) is 10.0. The van der Waals surface area contributed by atoms with E-state index in [-0.39, 0.29) is 5.75 Å². The highest BCUT2D eigenvalue weighted by Crippen LogP contribution is 2.28. The molecule has 0 unspecified atom stereocenters. The van der Waals surface area contributed by atoms with Gasteiger partial charge in [0, 0.05) is 10.9 Å². The van der Waals surface area contributed by atoms with Crippen molar-refractivity contribution in [1.82, 2.24) is 9.97 Å². The SMILES string of the molecule is CC(C)c1ccc(-c2nc(Cl)c3cc(O)ccc3n2)cc1. The first-order valence-corrected chi connectivity index (χ1v) is 7.19. The number of aromatic nitrogens is 2. The molecule has 1 heterocycles. The maximum absolute atomic E-state index is 9.51. The highest BCUT2D eigenvalue weighted by Gasteiger charge is 2.09. The Morgan fingerprint density at radius 3 is 2.38 bits per heavy atom. The van der Waals surface area contributed by atoms with Gasteiger partial charge in [0.15, 0.2) is 5.82 Å². The molecule has 1 aromatic heterocycles. The second-order valence-electron chi connectivity index (χ2n) is 5.32. The van der Waals surface area contributed by atoms with E-state index < -0.39 is 0 Å². The minimum Gasteiger partial charge on any atom is -0.508 e. The van der Waals surface area contributed by atoms with Crippen molar-refractivity contribution in [1.29, 1.82) is 0 Å². The standard InChI is InChI=1S/C17H15ClN2O/c1-10(2)11-3-5-12(6-4-11)17-19-15-8-7-13(21)9-14(15)16(18)20-17/h3-10,21H,1-2H3. The number of benzene rings is 2. The number of phenols is 1. The molecule has 0 atom stereocenters. The van der Waals surface area contributed by atoms with Crippen LogP contribution in [0.15, 0.2) is 42.5 Å². The molecule has 0 saturated heterocycles. The highest BCUT2D eigenvalue weighted by molar-refractivity contribution is 6.34. The molecule has 1 N–H and O–H groups in total. The number of phenolic OH excluding ortho intramolecular Hbond substituents is 1. The Balaban J connectivity index is 2.10. The summed E-state index contributed by atoms with van der Waals surface area (Å²) in [5, 5.41) is 10.5. The molecule has 4 heteroatoms. The molecule has 3 rings (SSSR count). The van der Waals surface area contributed by atoms with Crippen molar-refractivity contribution in [2.24, 2.45) is 0 Å². The monoisotopic (exact) mass is 298 g/mol. The lowest BCUT2D eigenvalue weighted by molar-refractivity contribution is 0.476. The summed E-state index contributed by atoms with van der Waals surface area (Å²) in [6.07, 6.45) is 0. The van der Waals surface area contributed by atoms with Crippen LogP contribution in [0.5, 0.6) is 5.75 Å². The topological polar surface area (TPSA) is 46.0 Å². The largest absolute Gasteiger partial charge is 0.508 e. The van der Waals surface area contributed by atoms with Crippen molar-refractivity contribution in [2.75, 3.05) is 0 Å². The Bertz CT molecular complexity index is 798. The van der Waals surface area contributed by atoms with Crippen molar-refractivity contribution in [2.45, 2.75) is 19.8 Å². The Kier molecular flexibility index (Phi) is 3.52. The van der Waals surface area contributed by atoms with Crippen LogP contribution in [0, 0.1) is 0 Å². The number of halogens is 1. The van der Waals surface area contributed by atoms with E-state index in [0.717, 1.165) is 11.1 Å². The van der Waals surface area contributed by atoms with Gasteiger partial charge in [-0.3, -0.25) is 0 Å². The molecule has 2 aromatic carbocycles. The Hall–Kier alpha value is -2.13. The minimum atomic E-state index is 0.155. The normalized spacial score (nSPS) is 11.2. The van der Waals surface area contributed by atoms with Gasteiger partial charge in [0.25, 0.3) is 0 Å². The van der Waals surface area contributed by atoms with Crippen molar-refractivity contribution in [3.05, 3.63) is 53.2 Å². The number of hydrogen-bond acceptors (Lipinski definition) is 3. The van der Waals surface area contributed by atoms with Gasteiger partial charge in [-0.05, 0) is 29.7 Å². The average Bonchev–Trinajstić information content (AvgIpc) is 2.48. The van der Waals surface area contributed by atoms with Crippen molar-refractivity contribution >= 4 is 22.5 Å². The van der Waals surface area contributed by atoms with Crippen molar-refractivity contribution in [3.8, 4) is 17.1 Å².